The Hall–Kier alpha value is -0.610. The predicted molar refractivity (Wildman–Crippen MR) is 68.9 cm³/mol. The number of nitrogens with zero attached hydrogens (tertiary/aromatic N) is 1. The van der Waals surface area contributed by atoms with Gasteiger partial charge in [0.15, 0.2) is 0 Å². The van der Waals surface area contributed by atoms with Crippen molar-refractivity contribution in [1.29, 1.82) is 0 Å². The molecule has 2 N–H and O–H groups in total. The molecule has 0 aromatic heterocycles. The summed E-state index contributed by atoms with van der Waals surface area (Å²) in [6.07, 6.45) is 7.42. The molecular formula is C13H25N3O. The van der Waals surface area contributed by atoms with Gasteiger partial charge in [0, 0.05) is 12.1 Å². The van der Waals surface area contributed by atoms with Crippen molar-refractivity contribution in [3.63, 3.8) is 0 Å². The second-order valence-electron chi connectivity index (χ2n) is 5.52. The van der Waals surface area contributed by atoms with Gasteiger partial charge in [0.1, 0.15) is 0 Å². The van der Waals surface area contributed by atoms with Gasteiger partial charge in [-0.15, -0.1) is 0 Å². The van der Waals surface area contributed by atoms with Gasteiger partial charge in [-0.3, -0.25) is 9.69 Å². The number of amides is 1. The summed E-state index contributed by atoms with van der Waals surface area (Å²) in [5.41, 5.74) is 0. The molecule has 0 spiro atoms. The van der Waals surface area contributed by atoms with E-state index in [2.05, 4.69) is 15.5 Å². The van der Waals surface area contributed by atoms with Gasteiger partial charge in [0.05, 0.1) is 6.54 Å². The smallest absolute Gasteiger partial charge is 0.234 e. The van der Waals surface area contributed by atoms with Gasteiger partial charge >= 0.3 is 0 Å². The fourth-order valence-electron chi connectivity index (χ4n) is 2.44. The number of hydrogen-bond donors (Lipinski definition) is 2. The molecule has 2 fully saturated rings. The number of nitrogens with one attached hydrogen (secondary N) is 2. The molecule has 4 nitrogen and oxygen atoms in total. The van der Waals surface area contributed by atoms with Gasteiger partial charge in [-0.2, -0.15) is 0 Å². The largest absolute Gasteiger partial charge is 0.352 e. The first-order chi connectivity index (χ1) is 8.24. The van der Waals surface area contributed by atoms with Gasteiger partial charge < -0.3 is 10.6 Å². The lowest BCUT2D eigenvalue weighted by Gasteiger charge is -2.17. The van der Waals surface area contributed by atoms with E-state index in [0.717, 1.165) is 12.6 Å². The van der Waals surface area contributed by atoms with E-state index in [1.165, 1.54) is 45.1 Å². The maximum Gasteiger partial charge on any atom is 0.234 e. The molecule has 98 valence electrons. The van der Waals surface area contributed by atoms with Crippen LogP contribution in [0.25, 0.3) is 0 Å². The van der Waals surface area contributed by atoms with Crippen molar-refractivity contribution in [3.8, 4) is 0 Å². The molecule has 17 heavy (non-hydrogen) atoms. The lowest BCUT2D eigenvalue weighted by molar-refractivity contribution is -0.122. The van der Waals surface area contributed by atoms with E-state index in [1.54, 1.807) is 0 Å². The van der Waals surface area contributed by atoms with Gasteiger partial charge in [-0.05, 0) is 58.7 Å². The van der Waals surface area contributed by atoms with Crippen molar-refractivity contribution in [1.82, 2.24) is 15.5 Å². The van der Waals surface area contributed by atoms with E-state index in [-0.39, 0.29) is 5.91 Å². The molecule has 2 aliphatic rings. The first kappa shape index (κ1) is 12.8. The minimum absolute atomic E-state index is 0.189. The highest BCUT2D eigenvalue weighted by atomic mass is 16.2. The van der Waals surface area contributed by atoms with Crippen LogP contribution in [0.1, 0.15) is 38.5 Å². The molecule has 1 saturated carbocycles. The zero-order chi connectivity index (χ0) is 12.1. The Bertz CT molecular complexity index is 247. The van der Waals surface area contributed by atoms with Crippen LogP contribution in [0.4, 0.5) is 0 Å². The molecule has 0 aromatic carbocycles. The van der Waals surface area contributed by atoms with Crippen LogP contribution >= 0.6 is 0 Å². The number of likely N-dealkylation sites (N-methyl/N-ethyl adjacent to an activating group) is 1. The Labute approximate surface area is 104 Å². The van der Waals surface area contributed by atoms with E-state index in [9.17, 15) is 4.79 Å². The van der Waals surface area contributed by atoms with Crippen molar-refractivity contribution in [2.75, 3.05) is 26.7 Å². The molecule has 1 saturated heterocycles. The van der Waals surface area contributed by atoms with Crippen LogP contribution in [0.5, 0.6) is 0 Å². The summed E-state index contributed by atoms with van der Waals surface area (Å²) in [5, 5.41) is 6.53. The number of carbonyl (C=O) groups is 1. The summed E-state index contributed by atoms with van der Waals surface area (Å²) in [4.78, 5) is 13.7. The third-order valence-electron chi connectivity index (χ3n) is 3.61. The molecule has 1 heterocycles. The quantitative estimate of drug-likeness (QED) is 0.688. The lowest BCUT2D eigenvalue weighted by atomic mass is 10.1. The Morgan fingerprint density at radius 2 is 2.24 bits per heavy atom. The number of rotatable bonds is 7. The molecular weight excluding hydrogens is 214 g/mol. The summed E-state index contributed by atoms with van der Waals surface area (Å²) in [5.74, 6) is 0.189. The Morgan fingerprint density at radius 1 is 1.41 bits per heavy atom. The summed E-state index contributed by atoms with van der Waals surface area (Å²) < 4.78 is 0. The average Bonchev–Trinajstić information content (AvgIpc) is 2.93. The Balaban J connectivity index is 1.50. The molecule has 1 unspecified atom stereocenters. The normalized spacial score (nSPS) is 24.2. The van der Waals surface area contributed by atoms with Gasteiger partial charge in [0.2, 0.25) is 5.91 Å². The van der Waals surface area contributed by atoms with E-state index < -0.39 is 0 Å². The van der Waals surface area contributed by atoms with Crippen molar-refractivity contribution in [2.24, 2.45) is 0 Å². The van der Waals surface area contributed by atoms with Crippen molar-refractivity contribution < 1.29 is 4.79 Å². The molecule has 0 bridgehead atoms. The summed E-state index contributed by atoms with van der Waals surface area (Å²) >= 11 is 0. The van der Waals surface area contributed by atoms with Crippen molar-refractivity contribution in [3.05, 3.63) is 0 Å². The molecule has 1 aliphatic heterocycles. The summed E-state index contributed by atoms with van der Waals surface area (Å²) in [6, 6.07) is 1.21. The third-order valence-corrected chi connectivity index (χ3v) is 3.61. The van der Waals surface area contributed by atoms with Gasteiger partial charge in [-0.25, -0.2) is 0 Å². The van der Waals surface area contributed by atoms with Crippen LogP contribution in [0.15, 0.2) is 0 Å². The van der Waals surface area contributed by atoms with Crippen LogP contribution in [-0.4, -0.2) is 49.6 Å². The van der Waals surface area contributed by atoms with E-state index in [4.69, 9.17) is 0 Å². The lowest BCUT2D eigenvalue weighted by Crippen LogP contribution is -2.36. The van der Waals surface area contributed by atoms with Crippen LogP contribution in [-0.2, 0) is 4.79 Å². The first-order valence-electron chi connectivity index (χ1n) is 6.95. The van der Waals surface area contributed by atoms with Crippen LogP contribution in [0, 0.1) is 0 Å². The molecule has 4 heteroatoms. The van der Waals surface area contributed by atoms with E-state index in [1.807, 2.05) is 7.05 Å². The zero-order valence-corrected chi connectivity index (χ0v) is 10.9. The highest BCUT2D eigenvalue weighted by Crippen LogP contribution is 2.18. The molecule has 2 rings (SSSR count). The fraction of sp³-hybridized carbons (Fsp3) is 0.923. The molecule has 0 aromatic rings. The Morgan fingerprint density at radius 3 is 2.88 bits per heavy atom. The highest BCUT2D eigenvalue weighted by Gasteiger charge is 2.23. The van der Waals surface area contributed by atoms with E-state index in [0.29, 0.717) is 12.6 Å². The second-order valence-corrected chi connectivity index (χ2v) is 5.52. The zero-order valence-electron chi connectivity index (χ0n) is 10.9. The van der Waals surface area contributed by atoms with Crippen LogP contribution in [0.2, 0.25) is 0 Å². The van der Waals surface area contributed by atoms with Crippen LogP contribution in [0.3, 0.4) is 0 Å². The first-order valence-corrected chi connectivity index (χ1v) is 6.95. The fourth-order valence-corrected chi connectivity index (χ4v) is 2.44. The standard InChI is InChI=1S/C13H25N3O/c1-16(10-13(17)15-12-6-7-12)9-3-5-11-4-2-8-14-11/h11-12,14H,2-10H2,1H3,(H,15,17). The third kappa shape index (κ3) is 5.04. The predicted octanol–water partition coefficient (Wildman–Crippen LogP) is 0.729. The SMILES string of the molecule is CN(CCCC1CCCN1)CC(=O)NC1CC1. The number of carbonyl (C=O) groups excluding carboxylic acids is 1. The average molecular weight is 239 g/mol. The molecule has 1 amide bonds. The highest BCUT2D eigenvalue weighted by molar-refractivity contribution is 5.78. The van der Waals surface area contributed by atoms with Crippen LogP contribution < -0.4 is 10.6 Å². The van der Waals surface area contributed by atoms with Crippen molar-refractivity contribution in [2.45, 2.75) is 50.6 Å². The van der Waals surface area contributed by atoms with E-state index >= 15 is 0 Å². The monoisotopic (exact) mass is 239 g/mol. The second kappa shape index (κ2) is 6.36. The van der Waals surface area contributed by atoms with Crippen molar-refractivity contribution >= 4 is 5.91 Å². The summed E-state index contributed by atoms with van der Waals surface area (Å²) in [7, 11) is 2.04. The van der Waals surface area contributed by atoms with Gasteiger partial charge in [-0.1, -0.05) is 0 Å². The maximum absolute atomic E-state index is 11.6. The Kier molecular flexibility index (Phi) is 4.80. The molecule has 1 atom stereocenters. The topological polar surface area (TPSA) is 44.4 Å². The summed E-state index contributed by atoms with van der Waals surface area (Å²) in [6.45, 7) is 2.76. The number of hydrogen-bond acceptors (Lipinski definition) is 3. The molecule has 0 radical (unpaired) electrons. The minimum atomic E-state index is 0.189. The molecule has 1 aliphatic carbocycles. The van der Waals surface area contributed by atoms with Gasteiger partial charge in [0.25, 0.3) is 0 Å². The maximum atomic E-state index is 11.6. The minimum Gasteiger partial charge on any atom is -0.352 e.